The number of carbonyl (C=O) groups excluding carboxylic acids is 1. The van der Waals surface area contributed by atoms with Gasteiger partial charge in [-0.2, -0.15) is 0 Å². The quantitative estimate of drug-likeness (QED) is 0.712. The predicted octanol–water partition coefficient (Wildman–Crippen LogP) is 2.15. The molecule has 0 spiro atoms. The van der Waals surface area contributed by atoms with Crippen LogP contribution in [-0.4, -0.2) is 82.2 Å². The molecule has 0 aliphatic carbocycles. The average molecular weight is 456 g/mol. The molecule has 1 amide bonds. The van der Waals surface area contributed by atoms with Crippen molar-refractivity contribution in [2.24, 2.45) is 5.92 Å². The molecule has 6 nitrogen and oxygen atoms in total. The zero-order valence-electron chi connectivity index (χ0n) is 16.6. The molecule has 1 atom stereocenters. The van der Waals surface area contributed by atoms with Gasteiger partial charge in [0.1, 0.15) is 12.4 Å². The second-order valence-corrected chi connectivity index (χ2v) is 7.12. The maximum Gasteiger partial charge on any atom is 0.227 e. The lowest BCUT2D eigenvalue weighted by Crippen LogP contribution is -2.50. The van der Waals surface area contributed by atoms with Crippen molar-refractivity contribution in [1.29, 1.82) is 0 Å². The molecular formula is C19H33Cl3N4O2. The Balaban J connectivity index is 0.00000243. The van der Waals surface area contributed by atoms with Crippen LogP contribution in [0.15, 0.2) is 24.3 Å². The van der Waals surface area contributed by atoms with E-state index in [1.807, 2.05) is 31.1 Å². The van der Waals surface area contributed by atoms with Gasteiger partial charge in [-0.1, -0.05) is 12.1 Å². The van der Waals surface area contributed by atoms with Gasteiger partial charge in [-0.05, 0) is 39.2 Å². The first-order valence-electron chi connectivity index (χ1n) is 9.26. The minimum Gasteiger partial charge on any atom is -0.490 e. The smallest absolute Gasteiger partial charge is 0.227 e. The van der Waals surface area contributed by atoms with Gasteiger partial charge in [-0.25, -0.2) is 0 Å². The number of hydrogen-bond donors (Lipinski definition) is 1. The Morgan fingerprint density at radius 1 is 1.14 bits per heavy atom. The molecule has 1 N–H and O–H groups in total. The number of anilines is 1. The molecule has 2 heterocycles. The molecule has 3 rings (SSSR count). The van der Waals surface area contributed by atoms with E-state index in [0.29, 0.717) is 12.5 Å². The molecule has 0 saturated carbocycles. The fourth-order valence-corrected chi connectivity index (χ4v) is 3.47. The van der Waals surface area contributed by atoms with Gasteiger partial charge in [0.25, 0.3) is 0 Å². The highest BCUT2D eigenvalue weighted by atomic mass is 35.5. The van der Waals surface area contributed by atoms with Gasteiger partial charge in [0.15, 0.2) is 0 Å². The molecule has 9 heteroatoms. The average Bonchev–Trinajstić information content (AvgIpc) is 3.16. The summed E-state index contributed by atoms with van der Waals surface area (Å²) in [7, 11) is 4.09. The second-order valence-electron chi connectivity index (χ2n) is 7.12. The monoisotopic (exact) mass is 454 g/mol. The Morgan fingerprint density at radius 3 is 2.43 bits per heavy atom. The van der Waals surface area contributed by atoms with Crippen molar-refractivity contribution in [2.45, 2.75) is 6.42 Å². The van der Waals surface area contributed by atoms with Gasteiger partial charge in [-0.15, -0.1) is 37.2 Å². The Hall–Kier alpha value is -0.920. The fourth-order valence-electron chi connectivity index (χ4n) is 3.47. The van der Waals surface area contributed by atoms with Crippen molar-refractivity contribution >= 4 is 48.8 Å². The summed E-state index contributed by atoms with van der Waals surface area (Å²) < 4.78 is 5.98. The Morgan fingerprint density at radius 2 is 1.82 bits per heavy atom. The number of nitrogens with zero attached hydrogens (tertiary/aromatic N) is 3. The summed E-state index contributed by atoms with van der Waals surface area (Å²) in [6.45, 7) is 6.68. The summed E-state index contributed by atoms with van der Waals surface area (Å²) in [6.07, 6.45) is 0.974. The molecule has 28 heavy (non-hydrogen) atoms. The van der Waals surface area contributed by atoms with Gasteiger partial charge in [-0.3, -0.25) is 4.79 Å². The van der Waals surface area contributed by atoms with Crippen molar-refractivity contribution in [2.75, 3.05) is 71.4 Å². The SMILES string of the molecule is CN(C)CCOc1ccccc1N1CCN(C(=O)C2CCNC2)CC1.Cl.Cl.Cl. The van der Waals surface area contributed by atoms with Crippen LogP contribution in [0.4, 0.5) is 5.69 Å². The topological polar surface area (TPSA) is 48.1 Å². The van der Waals surface area contributed by atoms with E-state index >= 15 is 0 Å². The van der Waals surface area contributed by atoms with Crippen LogP contribution in [0.25, 0.3) is 0 Å². The van der Waals surface area contributed by atoms with Crippen LogP contribution < -0.4 is 15.0 Å². The molecular weight excluding hydrogens is 423 g/mol. The van der Waals surface area contributed by atoms with E-state index in [1.165, 1.54) is 0 Å². The highest BCUT2D eigenvalue weighted by Gasteiger charge is 2.29. The summed E-state index contributed by atoms with van der Waals surface area (Å²) in [4.78, 5) is 19.0. The van der Waals surface area contributed by atoms with Crippen LogP contribution in [0.1, 0.15) is 6.42 Å². The number of nitrogens with one attached hydrogen (secondary N) is 1. The molecule has 2 aliphatic rings. The van der Waals surface area contributed by atoms with Gasteiger partial charge >= 0.3 is 0 Å². The summed E-state index contributed by atoms with van der Waals surface area (Å²) in [5, 5.41) is 3.28. The number of benzene rings is 1. The number of amides is 1. The number of halogens is 3. The summed E-state index contributed by atoms with van der Waals surface area (Å²) in [5.41, 5.74) is 1.14. The Bertz CT molecular complexity index is 578. The molecule has 2 saturated heterocycles. The molecule has 0 aromatic heterocycles. The van der Waals surface area contributed by atoms with Crippen LogP contribution >= 0.6 is 37.2 Å². The fraction of sp³-hybridized carbons (Fsp3) is 0.632. The maximum atomic E-state index is 12.6. The molecule has 2 aliphatic heterocycles. The maximum absolute atomic E-state index is 12.6. The lowest BCUT2D eigenvalue weighted by Gasteiger charge is -2.37. The number of hydrogen-bond acceptors (Lipinski definition) is 5. The zero-order chi connectivity index (χ0) is 17.6. The lowest BCUT2D eigenvalue weighted by molar-refractivity contribution is -0.135. The lowest BCUT2D eigenvalue weighted by atomic mass is 10.1. The van der Waals surface area contributed by atoms with E-state index in [-0.39, 0.29) is 43.1 Å². The zero-order valence-corrected chi connectivity index (χ0v) is 19.1. The first-order valence-corrected chi connectivity index (χ1v) is 9.26. The van der Waals surface area contributed by atoms with Gasteiger partial charge in [0.05, 0.1) is 11.6 Å². The number of ether oxygens (including phenoxy) is 1. The molecule has 1 unspecified atom stereocenters. The Labute approximate surface area is 187 Å². The normalized spacial score (nSPS) is 18.8. The van der Waals surface area contributed by atoms with Crippen molar-refractivity contribution in [1.82, 2.24) is 15.1 Å². The molecule has 0 bridgehead atoms. The minimum atomic E-state index is 0. The van der Waals surface area contributed by atoms with Gasteiger partial charge in [0, 0.05) is 39.3 Å². The van der Waals surface area contributed by atoms with Gasteiger partial charge in [0.2, 0.25) is 5.91 Å². The molecule has 162 valence electrons. The van der Waals surface area contributed by atoms with E-state index in [1.54, 1.807) is 0 Å². The predicted molar refractivity (Wildman–Crippen MR) is 122 cm³/mol. The van der Waals surface area contributed by atoms with Crippen LogP contribution in [0.2, 0.25) is 0 Å². The van der Waals surface area contributed by atoms with E-state index < -0.39 is 0 Å². The largest absolute Gasteiger partial charge is 0.490 e. The first kappa shape index (κ1) is 27.1. The van der Waals surface area contributed by atoms with Crippen LogP contribution in [0.3, 0.4) is 0 Å². The van der Waals surface area contributed by atoms with Crippen molar-refractivity contribution < 1.29 is 9.53 Å². The Kier molecular flexibility index (Phi) is 12.9. The third kappa shape index (κ3) is 7.16. The van der Waals surface area contributed by atoms with Crippen LogP contribution in [0, 0.1) is 5.92 Å². The van der Waals surface area contributed by atoms with Crippen LogP contribution in [-0.2, 0) is 4.79 Å². The number of rotatable bonds is 6. The second kappa shape index (κ2) is 13.3. The number of para-hydroxylation sites is 2. The number of likely N-dealkylation sites (N-methyl/N-ethyl adjacent to an activating group) is 1. The molecule has 2 fully saturated rings. The third-order valence-electron chi connectivity index (χ3n) is 5.00. The van der Waals surface area contributed by atoms with E-state index in [4.69, 9.17) is 4.74 Å². The number of piperazine rings is 1. The summed E-state index contributed by atoms with van der Waals surface area (Å²) >= 11 is 0. The van der Waals surface area contributed by atoms with Crippen LogP contribution in [0.5, 0.6) is 5.75 Å². The summed E-state index contributed by atoms with van der Waals surface area (Å²) in [5.74, 6) is 1.43. The van der Waals surface area contributed by atoms with E-state index in [9.17, 15) is 4.79 Å². The standard InChI is InChI=1S/C19H30N4O2.3ClH/c1-21(2)13-14-25-18-6-4-3-5-17(18)22-9-11-23(12-10-22)19(24)16-7-8-20-15-16;;;/h3-6,16,20H,7-15H2,1-2H3;3*1H. The van der Waals surface area contributed by atoms with Crippen molar-refractivity contribution in [3.05, 3.63) is 24.3 Å². The minimum absolute atomic E-state index is 0. The highest BCUT2D eigenvalue weighted by Crippen LogP contribution is 2.29. The van der Waals surface area contributed by atoms with Gasteiger partial charge < -0.3 is 24.8 Å². The molecule has 1 aromatic carbocycles. The number of carbonyl (C=O) groups is 1. The first-order chi connectivity index (χ1) is 12.1. The summed E-state index contributed by atoms with van der Waals surface area (Å²) in [6, 6.07) is 8.22. The van der Waals surface area contributed by atoms with Crippen molar-refractivity contribution in [3.8, 4) is 5.75 Å². The molecule has 0 radical (unpaired) electrons. The third-order valence-corrected chi connectivity index (χ3v) is 5.00. The van der Waals surface area contributed by atoms with Crippen molar-refractivity contribution in [3.63, 3.8) is 0 Å². The van der Waals surface area contributed by atoms with E-state index in [2.05, 4.69) is 27.2 Å². The molecule has 1 aromatic rings. The van der Waals surface area contributed by atoms with E-state index in [0.717, 1.165) is 63.7 Å². The highest BCUT2D eigenvalue weighted by molar-refractivity contribution is 5.86.